The van der Waals surface area contributed by atoms with Gasteiger partial charge in [0.1, 0.15) is 17.2 Å². The summed E-state index contributed by atoms with van der Waals surface area (Å²) in [4.78, 5) is 24.3. The second-order valence-corrected chi connectivity index (χ2v) is 8.55. The summed E-state index contributed by atoms with van der Waals surface area (Å²) in [5.41, 5.74) is 4.83. The number of carbonyl (C=O) groups excluding carboxylic acids is 1. The maximum Gasteiger partial charge on any atom is 0.281 e. The number of carbonyl (C=O) groups is 1. The normalized spacial score (nSPS) is 20.9. The number of methoxy groups -OCH3 is 1. The number of halogens is 3. The van der Waals surface area contributed by atoms with E-state index < -0.39 is 29.4 Å². The molecule has 33 heavy (non-hydrogen) atoms. The van der Waals surface area contributed by atoms with Crippen LogP contribution >= 0.6 is 11.8 Å². The maximum absolute atomic E-state index is 15.0. The molecule has 0 radical (unpaired) electrons. The summed E-state index contributed by atoms with van der Waals surface area (Å²) in [5, 5.41) is 11.8. The number of benzene rings is 1. The van der Waals surface area contributed by atoms with Crippen LogP contribution in [0.15, 0.2) is 35.6 Å². The first-order chi connectivity index (χ1) is 15.8. The van der Waals surface area contributed by atoms with E-state index in [0.29, 0.717) is 25.0 Å². The van der Waals surface area contributed by atoms with E-state index >= 15 is 0 Å². The number of nitrogens with two attached hydrogens (primary N) is 1. The van der Waals surface area contributed by atoms with Gasteiger partial charge in [0.25, 0.3) is 12.3 Å². The quantitative estimate of drug-likeness (QED) is 0.389. The van der Waals surface area contributed by atoms with Crippen molar-refractivity contribution in [2.45, 2.75) is 37.3 Å². The van der Waals surface area contributed by atoms with E-state index in [4.69, 9.17) is 15.6 Å². The maximum atomic E-state index is 15.0. The number of ether oxygens (including phenoxy) is 1. The van der Waals surface area contributed by atoms with E-state index in [1.54, 1.807) is 7.11 Å². The van der Waals surface area contributed by atoms with Crippen LogP contribution in [-0.4, -0.2) is 51.7 Å². The van der Waals surface area contributed by atoms with Crippen molar-refractivity contribution in [3.8, 4) is 0 Å². The van der Waals surface area contributed by atoms with Crippen molar-refractivity contribution in [2.24, 2.45) is 10.7 Å². The van der Waals surface area contributed by atoms with Crippen LogP contribution in [-0.2, 0) is 10.3 Å². The first-order valence-electron chi connectivity index (χ1n) is 10.1. The van der Waals surface area contributed by atoms with Crippen LogP contribution in [0.1, 0.15) is 47.4 Å². The minimum absolute atomic E-state index is 0.0777. The molecule has 1 aromatic heterocycles. The van der Waals surface area contributed by atoms with E-state index in [-0.39, 0.29) is 34.8 Å². The summed E-state index contributed by atoms with van der Waals surface area (Å²) < 4.78 is 45.7. The Morgan fingerprint density at radius 2 is 2.21 bits per heavy atom. The van der Waals surface area contributed by atoms with Gasteiger partial charge < -0.3 is 20.9 Å². The zero-order valence-corrected chi connectivity index (χ0v) is 18.6. The highest BCUT2D eigenvalue weighted by Gasteiger charge is 2.43. The molecule has 1 aromatic carbocycles. The molecule has 0 unspecified atom stereocenters. The van der Waals surface area contributed by atoms with Crippen LogP contribution in [0.5, 0.6) is 0 Å². The van der Waals surface area contributed by atoms with Crippen molar-refractivity contribution in [3.63, 3.8) is 0 Å². The number of aliphatic hydroxyl groups is 1. The van der Waals surface area contributed by atoms with Gasteiger partial charge >= 0.3 is 0 Å². The first kappa shape index (κ1) is 24.9. The van der Waals surface area contributed by atoms with Crippen LogP contribution in [0.2, 0.25) is 0 Å². The topological polar surface area (TPSA) is 123 Å². The Morgan fingerprint density at radius 1 is 1.42 bits per heavy atom. The number of aliphatic imine (C=N–C) groups is 1. The summed E-state index contributed by atoms with van der Waals surface area (Å²) in [5.74, 6) is -0.851. The van der Waals surface area contributed by atoms with Crippen LogP contribution in [0.4, 0.5) is 18.9 Å². The molecule has 2 aromatic rings. The molecule has 2 atom stereocenters. The standard InChI is InChI=1S/C21H24F3N5O3S/c1-32-13-4-5-21(9-13,29-20(25)33-7-6-30)14-8-12(2-3-15(14)22)28-19(31)17-11-26-16(10-27-17)18(23)24/h2-3,8,10-11,13,18,30H,4-7,9H2,1H3,(H2,25,29)(H,28,31)/t13-,21+/m0/s1. The number of thioether (sulfide) groups is 1. The Kier molecular flexibility index (Phi) is 8.27. The highest BCUT2D eigenvalue weighted by atomic mass is 32.2. The summed E-state index contributed by atoms with van der Waals surface area (Å²) in [6.45, 7) is -0.0777. The SMILES string of the molecule is CO[C@H]1CC[C@](N=C(N)SCCO)(c2cc(NC(=O)c3cnc(C(F)F)cn3)ccc2F)C1. The van der Waals surface area contributed by atoms with Gasteiger partial charge in [-0.2, -0.15) is 0 Å². The lowest BCUT2D eigenvalue weighted by atomic mass is 9.88. The predicted octanol–water partition coefficient (Wildman–Crippen LogP) is 3.24. The van der Waals surface area contributed by atoms with Gasteiger partial charge in [0.05, 0.1) is 30.6 Å². The number of nitrogens with zero attached hydrogens (tertiary/aromatic N) is 3. The highest BCUT2D eigenvalue weighted by molar-refractivity contribution is 8.13. The third-order valence-electron chi connectivity index (χ3n) is 5.30. The van der Waals surface area contributed by atoms with Gasteiger partial charge in [-0.25, -0.2) is 18.2 Å². The van der Waals surface area contributed by atoms with Gasteiger partial charge in [-0.1, -0.05) is 11.8 Å². The van der Waals surface area contributed by atoms with Gasteiger partial charge in [0.15, 0.2) is 5.17 Å². The lowest BCUT2D eigenvalue weighted by molar-refractivity contribution is 0.101. The van der Waals surface area contributed by atoms with Crippen LogP contribution in [0.25, 0.3) is 0 Å². The lowest BCUT2D eigenvalue weighted by Crippen LogP contribution is -2.27. The molecule has 12 heteroatoms. The van der Waals surface area contributed by atoms with E-state index in [0.717, 1.165) is 24.2 Å². The molecule has 1 aliphatic rings. The minimum Gasteiger partial charge on any atom is -0.396 e. The molecule has 0 saturated heterocycles. The fraction of sp³-hybridized carbons (Fsp3) is 0.429. The molecule has 178 valence electrons. The number of anilines is 1. The number of amidine groups is 1. The average Bonchev–Trinajstić information content (AvgIpc) is 3.22. The molecule has 8 nitrogen and oxygen atoms in total. The number of aliphatic hydroxyl groups excluding tert-OH is 1. The summed E-state index contributed by atoms with van der Waals surface area (Å²) in [7, 11) is 1.57. The molecular formula is C21H24F3N5O3S. The van der Waals surface area contributed by atoms with Crippen LogP contribution in [0.3, 0.4) is 0 Å². The monoisotopic (exact) mass is 483 g/mol. The summed E-state index contributed by atoms with van der Waals surface area (Å²) in [6, 6.07) is 4.06. The van der Waals surface area contributed by atoms with Crippen molar-refractivity contribution in [1.29, 1.82) is 0 Å². The third-order valence-corrected chi connectivity index (χ3v) is 6.07. The molecule has 0 spiro atoms. The van der Waals surface area contributed by atoms with Gasteiger partial charge in [0.2, 0.25) is 0 Å². The Labute approximate surface area is 192 Å². The molecular weight excluding hydrogens is 459 g/mol. The number of hydrogen-bond donors (Lipinski definition) is 3. The Hall–Kier alpha value is -2.70. The largest absolute Gasteiger partial charge is 0.396 e. The third kappa shape index (κ3) is 6.01. The van der Waals surface area contributed by atoms with E-state index in [2.05, 4.69) is 20.3 Å². The fourth-order valence-electron chi connectivity index (χ4n) is 3.70. The molecule has 1 saturated carbocycles. The van der Waals surface area contributed by atoms with Gasteiger partial charge in [-0.05, 0) is 31.0 Å². The lowest BCUT2D eigenvalue weighted by Gasteiger charge is -2.27. The summed E-state index contributed by atoms with van der Waals surface area (Å²) in [6.07, 6.45) is 0.337. The van der Waals surface area contributed by atoms with Crippen molar-refractivity contribution < 1.29 is 27.8 Å². The van der Waals surface area contributed by atoms with Crippen molar-refractivity contribution in [2.75, 3.05) is 24.8 Å². The fourth-order valence-corrected chi connectivity index (χ4v) is 4.24. The average molecular weight is 484 g/mol. The second kappa shape index (κ2) is 10.9. The molecule has 4 N–H and O–H groups in total. The van der Waals surface area contributed by atoms with Gasteiger partial charge in [0, 0.05) is 30.5 Å². The smallest absolute Gasteiger partial charge is 0.281 e. The zero-order valence-electron chi connectivity index (χ0n) is 17.8. The number of rotatable bonds is 8. The molecule has 1 heterocycles. The van der Waals surface area contributed by atoms with Crippen molar-refractivity contribution in [1.82, 2.24) is 9.97 Å². The molecule has 0 bridgehead atoms. The molecule has 3 rings (SSSR count). The molecule has 0 aliphatic heterocycles. The number of nitrogens with one attached hydrogen (secondary N) is 1. The van der Waals surface area contributed by atoms with Gasteiger partial charge in [-0.3, -0.25) is 14.8 Å². The molecule has 1 amide bonds. The first-order valence-corrected chi connectivity index (χ1v) is 11.1. The number of hydrogen-bond acceptors (Lipinski definition) is 7. The summed E-state index contributed by atoms with van der Waals surface area (Å²) >= 11 is 1.16. The van der Waals surface area contributed by atoms with Crippen molar-refractivity contribution in [3.05, 3.63) is 53.4 Å². The van der Waals surface area contributed by atoms with E-state index in [1.807, 2.05) is 0 Å². The van der Waals surface area contributed by atoms with Crippen LogP contribution < -0.4 is 11.1 Å². The minimum atomic E-state index is -2.80. The van der Waals surface area contributed by atoms with Crippen molar-refractivity contribution >= 4 is 28.5 Å². The highest BCUT2D eigenvalue weighted by Crippen LogP contribution is 2.45. The van der Waals surface area contributed by atoms with E-state index in [1.165, 1.54) is 18.2 Å². The van der Waals surface area contributed by atoms with Gasteiger partial charge in [-0.15, -0.1) is 0 Å². The Bertz CT molecular complexity index is 1010. The number of alkyl halides is 2. The Balaban J connectivity index is 1.89. The number of aromatic nitrogens is 2. The zero-order chi connectivity index (χ0) is 24.0. The van der Waals surface area contributed by atoms with E-state index in [9.17, 15) is 18.0 Å². The number of amides is 1. The predicted molar refractivity (Wildman–Crippen MR) is 119 cm³/mol. The molecule has 1 fully saturated rings. The Morgan fingerprint density at radius 3 is 2.82 bits per heavy atom. The second-order valence-electron chi connectivity index (χ2n) is 7.43. The molecule has 1 aliphatic carbocycles. The van der Waals surface area contributed by atoms with Crippen LogP contribution in [0, 0.1) is 5.82 Å².